The van der Waals surface area contributed by atoms with Gasteiger partial charge in [-0.1, -0.05) is 0 Å². The largest absolute Gasteiger partial charge is 0.382 e. The molecule has 0 atom stereocenters. The van der Waals surface area contributed by atoms with Crippen LogP contribution in [0.5, 0.6) is 0 Å². The van der Waals surface area contributed by atoms with Crippen LogP contribution in [-0.4, -0.2) is 33.0 Å². The monoisotopic (exact) mass is 412 g/mol. The second-order valence-electron chi connectivity index (χ2n) is 7.96. The van der Waals surface area contributed by atoms with Crippen LogP contribution in [0.25, 0.3) is 20.2 Å². The molecule has 2 aromatic carbocycles. The lowest BCUT2D eigenvalue weighted by atomic mass is 9.95. The van der Waals surface area contributed by atoms with Crippen LogP contribution in [0.2, 0.25) is 0 Å². The molecule has 0 radical (unpaired) electrons. The Morgan fingerprint density at radius 2 is 1.07 bits per heavy atom. The molecule has 1 heterocycles. The summed E-state index contributed by atoms with van der Waals surface area (Å²) in [4.78, 5) is 50.3. The Kier molecular flexibility index (Phi) is 5.03. The van der Waals surface area contributed by atoms with E-state index in [1.54, 1.807) is 12.1 Å². The maximum atomic E-state index is 12.8. The van der Waals surface area contributed by atoms with E-state index in [-0.39, 0.29) is 21.9 Å². The Morgan fingerprint density at radius 3 is 1.38 bits per heavy atom. The molecule has 2 N–H and O–H groups in total. The van der Waals surface area contributed by atoms with E-state index in [0.717, 1.165) is 0 Å². The van der Waals surface area contributed by atoms with Gasteiger partial charge in [-0.05, 0) is 64.1 Å². The first-order chi connectivity index (χ1) is 13.3. The van der Waals surface area contributed by atoms with Crippen molar-refractivity contribution in [1.82, 2.24) is 0 Å². The SMILES string of the molecule is CC(C)(O)C(=O)c1ccc2sc3ccc(C(=O)C(C)(C)O)cc3c(=O)c(=O)c2c1. The summed E-state index contributed by atoms with van der Waals surface area (Å²) in [6.07, 6.45) is 0. The zero-order valence-electron chi connectivity index (χ0n) is 16.4. The Morgan fingerprint density at radius 1 is 0.724 bits per heavy atom. The van der Waals surface area contributed by atoms with E-state index < -0.39 is 33.6 Å². The number of benzene rings is 2. The standard InChI is InChI=1S/C22H20O6S/c1-21(2,27)19(25)11-5-7-15-13(9-11)17(23)18(24)14-10-12(6-8-16(14)29-15)20(26)22(3,4)28/h5-10,27-28H,1-4H3. The fraction of sp³-hybridized carbons (Fsp3) is 0.273. The average Bonchev–Trinajstić information content (AvgIpc) is 2.74. The minimum atomic E-state index is -1.62. The van der Waals surface area contributed by atoms with Crippen molar-refractivity contribution in [3.63, 3.8) is 0 Å². The van der Waals surface area contributed by atoms with E-state index in [4.69, 9.17) is 0 Å². The summed E-state index contributed by atoms with van der Waals surface area (Å²) < 4.78 is 0.993. The molecule has 150 valence electrons. The quantitative estimate of drug-likeness (QED) is 0.504. The average molecular weight is 412 g/mol. The van der Waals surface area contributed by atoms with Crippen LogP contribution >= 0.6 is 11.3 Å². The van der Waals surface area contributed by atoms with E-state index in [2.05, 4.69) is 0 Å². The van der Waals surface area contributed by atoms with Gasteiger partial charge in [0.25, 0.3) is 0 Å². The molecule has 0 unspecified atom stereocenters. The van der Waals surface area contributed by atoms with Crippen molar-refractivity contribution in [2.45, 2.75) is 38.9 Å². The number of hydrogen-bond acceptors (Lipinski definition) is 7. The topological polar surface area (TPSA) is 109 Å². The molecule has 0 fully saturated rings. The van der Waals surface area contributed by atoms with Crippen molar-refractivity contribution in [1.29, 1.82) is 0 Å². The zero-order chi connectivity index (χ0) is 21.7. The van der Waals surface area contributed by atoms with Crippen molar-refractivity contribution < 1.29 is 19.8 Å². The van der Waals surface area contributed by atoms with E-state index in [1.165, 1.54) is 63.3 Å². The summed E-state index contributed by atoms with van der Waals surface area (Å²) in [6, 6.07) is 8.77. The molecule has 0 spiro atoms. The molecule has 6 nitrogen and oxygen atoms in total. The summed E-state index contributed by atoms with van der Waals surface area (Å²) in [7, 11) is 0. The number of hydrogen-bond donors (Lipinski definition) is 2. The van der Waals surface area contributed by atoms with Gasteiger partial charge in [0.15, 0.2) is 11.6 Å². The van der Waals surface area contributed by atoms with Gasteiger partial charge >= 0.3 is 0 Å². The molecule has 0 saturated carbocycles. The van der Waals surface area contributed by atoms with E-state index in [0.29, 0.717) is 9.40 Å². The molecule has 0 bridgehead atoms. The van der Waals surface area contributed by atoms with Crippen LogP contribution in [0.1, 0.15) is 48.4 Å². The Balaban J connectivity index is 2.35. The molecule has 1 aromatic heterocycles. The Bertz CT molecular complexity index is 1190. The van der Waals surface area contributed by atoms with Crippen LogP contribution in [0.4, 0.5) is 0 Å². The Labute approximate surface area is 170 Å². The van der Waals surface area contributed by atoms with Crippen LogP contribution < -0.4 is 10.9 Å². The molecule has 0 aliphatic rings. The van der Waals surface area contributed by atoms with Gasteiger partial charge < -0.3 is 10.2 Å². The summed E-state index contributed by atoms with van der Waals surface area (Å²) in [5.74, 6) is -1.13. The molecule has 0 saturated heterocycles. The van der Waals surface area contributed by atoms with Gasteiger partial charge in [-0.2, -0.15) is 0 Å². The fourth-order valence-electron chi connectivity index (χ4n) is 2.94. The summed E-state index contributed by atoms with van der Waals surface area (Å²) in [5.41, 5.74) is -4.58. The van der Waals surface area contributed by atoms with Gasteiger partial charge in [-0.3, -0.25) is 19.2 Å². The first-order valence-electron chi connectivity index (χ1n) is 8.90. The lowest BCUT2D eigenvalue weighted by Gasteiger charge is -2.15. The summed E-state index contributed by atoms with van der Waals surface area (Å²) in [6.45, 7) is 5.39. The highest BCUT2D eigenvalue weighted by molar-refractivity contribution is 7.24. The minimum Gasteiger partial charge on any atom is -0.382 e. The van der Waals surface area contributed by atoms with E-state index in [1.807, 2.05) is 0 Å². The van der Waals surface area contributed by atoms with Gasteiger partial charge in [0.05, 0.1) is 0 Å². The van der Waals surface area contributed by atoms with Gasteiger partial charge in [-0.25, -0.2) is 0 Å². The van der Waals surface area contributed by atoms with Crippen molar-refractivity contribution in [3.8, 4) is 0 Å². The highest BCUT2D eigenvalue weighted by Crippen LogP contribution is 2.25. The molecular weight excluding hydrogens is 392 g/mol. The Hall–Kier alpha value is -2.74. The van der Waals surface area contributed by atoms with E-state index in [9.17, 15) is 29.4 Å². The summed E-state index contributed by atoms with van der Waals surface area (Å²) in [5, 5.41) is 20.0. The van der Waals surface area contributed by atoms with Crippen LogP contribution in [0.15, 0.2) is 46.0 Å². The molecule has 7 heteroatoms. The zero-order valence-corrected chi connectivity index (χ0v) is 17.2. The lowest BCUT2D eigenvalue weighted by molar-refractivity contribution is 0.0487. The van der Waals surface area contributed by atoms with Crippen LogP contribution in [0, 0.1) is 0 Å². The number of carbonyl (C=O) groups is 2. The van der Waals surface area contributed by atoms with Crippen molar-refractivity contribution in [2.24, 2.45) is 0 Å². The molecule has 3 aromatic rings. The maximum absolute atomic E-state index is 12.8. The molecule has 0 aliphatic carbocycles. The van der Waals surface area contributed by atoms with E-state index >= 15 is 0 Å². The third-order valence-corrected chi connectivity index (χ3v) is 5.66. The molecule has 0 aliphatic heterocycles. The van der Waals surface area contributed by atoms with Gasteiger partial charge in [-0.15, -0.1) is 11.3 Å². The first kappa shape index (κ1) is 21.0. The van der Waals surface area contributed by atoms with Crippen molar-refractivity contribution >= 4 is 43.1 Å². The molecule has 29 heavy (non-hydrogen) atoms. The number of Topliss-reactive ketones (excluding diaryl/α,β-unsaturated/α-hetero) is 2. The maximum Gasteiger partial charge on any atom is 0.235 e. The highest BCUT2D eigenvalue weighted by Gasteiger charge is 2.27. The van der Waals surface area contributed by atoms with Gasteiger partial charge in [0.2, 0.25) is 10.9 Å². The smallest absolute Gasteiger partial charge is 0.235 e. The second kappa shape index (κ2) is 6.95. The summed E-state index contributed by atoms with van der Waals surface area (Å²) >= 11 is 1.18. The molecule has 3 rings (SSSR count). The molecule has 0 amide bonds. The van der Waals surface area contributed by atoms with Crippen molar-refractivity contribution in [3.05, 3.63) is 68.0 Å². The number of fused-ring (bicyclic) bond motifs is 2. The molecular formula is C22H20O6S. The van der Waals surface area contributed by atoms with Crippen LogP contribution in [-0.2, 0) is 0 Å². The first-order valence-corrected chi connectivity index (χ1v) is 9.71. The fourth-order valence-corrected chi connectivity index (χ4v) is 3.98. The second-order valence-corrected chi connectivity index (χ2v) is 9.04. The number of carbonyl (C=O) groups excluding carboxylic acids is 2. The lowest BCUT2D eigenvalue weighted by Crippen LogP contribution is -2.31. The predicted octanol–water partition coefficient (Wildman–Crippen LogP) is 2.68. The van der Waals surface area contributed by atoms with Gasteiger partial charge in [0, 0.05) is 31.3 Å². The number of aliphatic hydroxyl groups is 2. The normalized spacial score (nSPS) is 12.3. The van der Waals surface area contributed by atoms with Gasteiger partial charge in [0.1, 0.15) is 11.2 Å². The third kappa shape index (κ3) is 3.89. The predicted molar refractivity (Wildman–Crippen MR) is 113 cm³/mol. The van der Waals surface area contributed by atoms with Crippen molar-refractivity contribution in [2.75, 3.05) is 0 Å². The third-order valence-electron chi connectivity index (χ3n) is 4.51. The number of rotatable bonds is 4. The minimum absolute atomic E-state index is 0.0710. The highest BCUT2D eigenvalue weighted by atomic mass is 32.1. The van der Waals surface area contributed by atoms with Crippen LogP contribution in [0.3, 0.4) is 0 Å². The number of ketones is 2.